The van der Waals surface area contributed by atoms with Crippen molar-refractivity contribution in [3.63, 3.8) is 0 Å². The second-order valence-corrected chi connectivity index (χ2v) is 5.94. The van der Waals surface area contributed by atoms with E-state index in [1.54, 1.807) is 0 Å². The molecule has 0 radical (unpaired) electrons. The molecule has 2 aliphatic carbocycles. The molecule has 2 aliphatic rings. The first-order valence-electron chi connectivity index (χ1n) is 6.33. The van der Waals surface area contributed by atoms with Crippen molar-refractivity contribution in [2.75, 3.05) is 0 Å². The Bertz CT molecular complexity index is 364. The van der Waals surface area contributed by atoms with Gasteiger partial charge in [0.05, 0.1) is 0 Å². The van der Waals surface area contributed by atoms with E-state index < -0.39 is 0 Å². The van der Waals surface area contributed by atoms with Gasteiger partial charge < -0.3 is 0 Å². The highest BCUT2D eigenvalue weighted by Gasteiger charge is 2.43. The number of fused-ring (bicyclic) bond motifs is 1. The highest BCUT2D eigenvalue weighted by molar-refractivity contribution is 5.92. The summed E-state index contributed by atoms with van der Waals surface area (Å²) in [6.45, 7) is 10.8. The molecule has 0 amide bonds. The van der Waals surface area contributed by atoms with Crippen LogP contribution in [0.15, 0.2) is 23.8 Å². The van der Waals surface area contributed by atoms with Crippen molar-refractivity contribution >= 4 is 5.78 Å². The van der Waals surface area contributed by atoms with Crippen molar-refractivity contribution in [1.82, 2.24) is 0 Å². The molecule has 16 heavy (non-hydrogen) atoms. The van der Waals surface area contributed by atoms with Gasteiger partial charge in [0.25, 0.3) is 0 Å². The minimum Gasteiger partial charge on any atom is -0.295 e. The summed E-state index contributed by atoms with van der Waals surface area (Å²) in [5, 5.41) is 0. The van der Waals surface area contributed by atoms with Crippen LogP contribution in [0.2, 0.25) is 0 Å². The topological polar surface area (TPSA) is 17.1 Å². The van der Waals surface area contributed by atoms with Crippen LogP contribution in [0.1, 0.15) is 46.5 Å². The molecule has 0 aromatic carbocycles. The van der Waals surface area contributed by atoms with Crippen LogP contribution >= 0.6 is 0 Å². The fourth-order valence-electron chi connectivity index (χ4n) is 3.32. The fourth-order valence-corrected chi connectivity index (χ4v) is 3.32. The molecule has 0 N–H and O–H groups in total. The standard InChI is InChI=1S/C15H22O/c1-10(2)12-5-6-13-8-14(16)7-11(3)15(13,4)9-12/h8,11-12H,1,5-7,9H2,2-4H3/t11-,12+,15+/m1/s1. The lowest BCUT2D eigenvalue weighted by Gasteiger charge is -2.47. The Morgan fingerprint density at radius 2 is 2.25 bits per heavy atom. The Morgan fingerprint density at radius 1 is 1.56 bits per heavy atom. The molecule has 88 valence electrons. The van der Waals surface area contributed by atoms with Gasteiger partial charge in [-0.1, -0.05) is 31.6 Å². The Kier molecular flexibility index (Phi) is 2.81. The van der Waals surface area contributed by atoms with E-state index in [2.05, 4.69) is 27.4 Å². The molecule has 0 bridgehead atoms. The predicted molar refractivity (Wildman–Crippen MR) is 67.1 cm³/mol. The lowest BCUT2D eigenvalue weighted by molar-refractivity contribution is -0.117. The molecule has 0 spiro atoms. The van der Waals surface area contributed by atoms with E-state index in [0.717, 1.165) is 12.8 Å². The van der Waals surface area contributed by atoms with Gasteiger partial charge in [0.15, 0.2) is 5.78 Å². The molecule has 0 aromatic rings. The fraction of sp³-hybridized carbons (Fsp3) is 0.667. The predicted octanol–water partition coefficient (Wildman–Crippen LogP) is 3.90. The zero-order valence-corrected chi connectivity index (χ0v) is 10.7. The van der Waals surface area contributed by atoms with Gasteiger partial charge in [0.1, 0.15) is 0 Å². The summed E-state index contributed by atoms with van der Waals surface area (Å²) in [5.41, 5.74) is 2.95. The van der Waals surface area contributed by atoms with E-state index in [0.29, 0.717) is 17.6 Å². The number of rotatable bonds is 1. The summed E-state index contributed by atoms with van der Waals surface area (Å²) in [5.74, 6) is 1.47. The first-order valence-corrected chi connectivity index (χ1v) is 6.33. The summed E-state index contributed by atoms with van der Waals surface area (Å²) in [4.78, 5) is 11.6. The molecule has 1 fully saturated rings. The highest BCUT2D eigenvalue weighted by Crippen LogP contribution is 2.52. The lowest BCUT2D eigenvalue weighted by atomic mass is 9.57. The Morgan fingerprint density at radius 3 is 2.88 bits per heavy atom. The van der Waals surface area contributed by atoms with Crippen LogP contribution in [0.4, 0.5) is 0 Å². The number of allylic oxidation sites excluding steroid dienone is 3. The third kappa shape index (κ3) is 1.77. The summed E-state index contributed by atoms with van der Waals surface area (Å²) in [6.07, 6.45) is 6.10. The van der Waals surface area contributed by atoms with E-state index in [-0.39, 0.29) is 5.41 Å². The van der Waals surface area contributed by atoms with Gasteiger partial charge in [-0.15, -0.1) is 0 Å². The van der Waals surface area contributed by atoms with E-state index in [1.165, 1.54) is 24.0 Å². The number of ketones is 1. The van der Waals surface area contributed by atoms with Crippen molar-refractivity contribution in [2.24, 2.45) is 17.3 Å². The molecule has 3 atom stereocenters. The monoisotopic (exact) mass is 218 g/mol. The normalized spacial score (nSPS) is 38.9. The van der Waals surface area contributed by atoms with Gasteiger partial charge in [0.2, 0.25) is 0 Å². The van der Waals surface area contributed by atoms with Crippen LogP contribution in [0.25, 0.3) is 0 Å². The molecular weight excluding hydrogens is 196 g/mol. The second kappa shape index (κ2) is 3.87. The zero-order chi connectivity index (χ0) is 11.9. The van der Waals surface area contributed by atoms with Gasteiger partial charge in [-0.25, -0.2) is 0 Å². The maximum atomic E-state index is 11.6. The third-order valence-corrected chi connectivity index (χ3v) is 4.79. The molecule has 1 saturated carbocycles. The number of carbonyl (C=O) groups excluding carboxylic acids is 1. The molecule has 1 nitrogen and oxygen atoms in total. The first-order chi connectivity index (χ1) is 7.43. The maximum Gasteiger partial charge on any atom is 0.155 e. The average molecular weight is 218 g/mol. The SMILES string of the molecule is C=C(C)[C@H]1CCC2=CC(=O)C[C@@H](C)[C@]2(C)C1. The molecule has 0 heterocycles. The average Bonchev–Trinajstić information content (AvgIpc) is 2.19. The van der Waals surface area contributed by atoms with Crippen LogP contribution in [-0.4, -0.2) is 5.78 Å². The third-order valence-electron chi connectivity index (χ3n) is 4.79. The second-order valence-electron chi connectivity index (χ2n) is 5.94. The minimum absolute atomic E-state index is 0.246. The van der Waals surface area contributed by atoms with Crippen LogP contribution < -0.4 is 0 Å². The van der Waals surface area contributed by atoms with Crippen molar-refractivity contribution in [3.8, 4) is 0 Å². The number of hydrogen-bond acceptors (Lipinski definition) is 1. The Balaban J connectivity index is 2.30. The quantitative estimate of drug-likeness (QED) is 0.610. The van der Waals surface area contributed by atoms with E-state index in [9.17, 15) is 4.79 Å². The summed E-state index contributed by atoms with van der Waals surface area (Å²) >= 11 is 0. The van der Waals surface area contributed by atoms with E-state index >= 15 is 0 Å². The highest BCUT2D eigenvalue weighted by atomic mass is 16.1. The Labute approximate surface area is 98.6 Å². The van der Waals surface area contributed by atoms with Crippen LogP contribution in [-0.2, 0) is 4.79 Å². The maximum absolute atomic E-state index is 11.6. The molecule has 0 saturated heterocycles. The van der Waals surface area contributed by atoms with E-state index in [1.807, 2.05) is 6.08 Å². The first kappa shape index (κ1) is 11.6. The molecule has 1 heteroatoms. The van der Waals surface area contributed by atoms with Gasteiger partial charge in [-0.3, -0.25) is 4.79 Å². The van der Waals surface area contributed by atoms with Crippen LogP contribution in [0.5, 0.6) is 0 Å². The van der Waals surface area contributed by atoms with E-state index in [4.69, 9.17) is 0 Å². The minimum atomic E-state index is 0.246. The van der Waals surface area contributed by atoms with Crippen molar-refractivity contribution < 1.29 is 4.79 Å². The summed E-state index contributed by atoms with van der Waals surface area (Å²) in [7, 11) is 0. The smallest absolute Gasteiger partial charge is 0.155 e. The van der Waals surface area contributed by atoms with Crippen molar-refractivity contribution in [2.45, 2.75) is 46.5 Å². The van der Waals surface area contributed by atoms with Gasteiger partial charge in [-0.2, -0.15) is 0 Å². The van der Waals surface area contributed by atoms with Gasteiger partial charge in [0, 0.05) is 6.42 Å². The van der Waals surface area contributed by atoms with Crippen molar-refractivity contribution in [1.29, 1.82) is 0 Å². The molecule has 0 unspecified atom stereocenters. The molecule has 2 rings (SSSR count). The lowest BCUT2D eigenvalue weighted by Crippen LogP contribution is -2.38. The summed E-state index contributed by atoms with van der Waals surface area (Å²) < 4.78 is 0. The van der Waals surface area contributed by atoms with Crippen LogP contribution in [0.3, 0.4) is 0 Å². The Hall–Kier alpha value is -0.850. The molecule has 0 aromatic heterocycles. The molecular formula is C15H22O. The molecule has 0 aliphatic heterocycles. The summed E-state index contributed by atoms with van der Waals surface area (Å²) in [6, 6.07) is 0. The largest absolute Gasteiger partial charge is 0.295 e. The zero-order valence-electron chi connectivity index (χ0n) is 10.7. The van der Waals surface area contributed by atoms with Gasteiger partial charge in [-0.05, 0) is 49.5 Å². The number of carbonyl (C=O) groups is 1. The van der Waals surface area contributed by atoms with Crippen molar-refractivity contribution in [3.05, 3.63) is 23.8 Å². The van der Waals surface area contributed by atoms with Gasteiger partial charge >= 0.3 is 0 Å². The van der Waals surface area contributed by atoms with Crippen LogP contribution in [0, 0.1) is 17.3 Å². The number of hydrogen-bond donors (Lipinski definition) is 0.